The highest BCUT2D eigenvalue weighted by Crippen LogP contribution is 2.21. The molecule has 0 spiro atoms. The van der Waals surface area contributed by atoms with Crippen molar-refractivity contribution in [2.45, 2.75) is 6.92 Å². The second-order valence-electron chi connectivity index (χ2n) is 6.17. The third-order valence-electron chi connectivity index (χ3n) is 4.11. The Bertz CT molecular complexity index is 1120. The number of nitrogens with zero attached hydrogens (tertiary/aromatic N) is 4. The molecule has 146 valence electrons. The van der Waals surface area contributed by atoms with E-state index in [1.54, 1.807) is 35.1 Å². The summed E-state index contributed by atoms with van der Waals surface area (Å²) >= 11 is 0. The molecule has 8 heteroatoms. The number of hydrogen-bond donors (Lipinski definition) is 1. The van der Waals surface area contributed by atoms with Gasteiger partial charge in [-0.15, -0.1) is 10.2 Å². The molecule has 0 aliphatic heterocycles. The normalized spacial score (nSPS) is 10.7. The Hall–Kier alpha value is -3.94. The van der Waals surface area contributed by atoms with Crippen molar-refractivity contribution in [1.82, 2.24) is 19.8 Å². The number of aromatic nitrogens is 4. The zero-order chi connectivity index (χ0) is 20.1. The first-order valence-corrected chi connectivity index (χ1v) is 9.14. The average molecular weight is 389 g/mol. The maximum atomic E-state index is 12.2. The first-order valence-electron chi connectivity index (χ1n) is 9.14. The molecule has 1 amide bonds. The third-order valence-corrected chi connectivity index (χ3v) is 4.11. The van der Waals surface area contributed by atoms with Crippen LogP contribution in [0.15, 0.2) is 67.0 Å². The third kappa shape index (κ3) is 4.49. The van der Waals surface area contributed by atoms with E-state index in [9.17, 15) is 4.79 Å². The second kappa shape index (κ2) is 8.39. The molecule has 0 atom stereocenters. The van der Waals surface area contributed by atoms with Crippen LogP contribution in [-0.4, -0.2) is 38.9 Å². The molecule has 0 saturated carbocycles. The molecule has 0 aliphatic carbocycles. The number of ether oxygens (including phenoxy) is 2. The molecule has 2 aromatic carbocycles. The summed E-state index contributed by atoms with van der Waals surface area (Å²) in [5, 5.41) is 15.1. The van der Waals surface area contributed by atoms with Gasteiger partial charge in [-0.25, -0.2) is 0 Å². The zero-order valence-corrected chi connectivity index (χ0v) is 15.8. The number of anilines is 1. The van der Waals surface area contributed by atoms with Gasteiger partial charge >= 0.3 is 0 Å². The summed E-state index contributed by atoms with van der Waals surface area (Å²) in [6.45, 7) is 2.43. The van der Waals surface area contributed by atoms with E-state index >= 15 is 0 Å². The van der Waals surface area contributed by atoms with Crippen LogP contribution in [0.25, 0.3) is 16.9 Å². The summed E-state index contributed by atoms with van der Waals surface area (Å²) in [6.07, 6.45) is 1.54. The smallest absolute Gasteiger partial charge is 0.262 e. The molecule has 4 aromatic rings. The number of rotatable bonds is 7. The molecule has 0 aliphatic rings. The van der Waals surface area contributed by atoms with Gasteiger partial charge in [0.1, 0.15) is 17.8 Å². The monoisotopic (exact) mass is 389 g/mol. The summed E-state index contributed by atoms with van der Waals surface area (Å²) in [4.78, 5) is 12.2. The Morgan fingerprint density at radius 3 is 2.62 bits per heavy atom. The lowest BCUT2D eigenvalue weighted by molar-refractivity contribution is -0.118. The molecule has 0 fully saturated rings. The Kier molecular flexibility index (Phi) is 5.33. The van der Waals surface area contributed by atoms with Gasteiger partial charge in [-0.2, -0.15) is 9.61 Å². The molecule has 2 heterocycles. The second-order valence-corrected chi connectivity index (χ2v) is 6.17. The molecular weight excluding hydrogens is 370 g/mol. The molecule has 2 aromatic heterocycles. The molecule has 29 heavy (non-hydrogen) atoms. The van der Waals surface area contributed by atoms with Crippen molar-refractivity contribution >= 4 is 17.2 Å². The molecule has 1 N–H and O–H groups in total. The summed E-state index contributed by atoms with van der Waals surface area (Å²) in [7, 11) is 0. The summed E-state index contributed by atoms with van der Waals surface area (Å²) in [6, 6.07) is 18.3. The molecule has 0 unspecified atom stereocenters. The van der Waals surface area contributed by atoms with E-state index in [0.717, 1.165) is 17.0 Å². The fourth-order valence-corrected chi connectivity index (χ4v) is 2.78. The Morgan fingerprint density at radius 2 is 1.83 bits per heavy atom. The topological polar surface area (TPSA) is 90.6 Å². The predicted octanol–water partition coefficient (Wildman–Crippen LogP) is 3.21. The van der Waals surface area contributed by atoms with Gasteiger partial charge in [0, 0.05) is 11.3 Å². The zero-order valence-electron chi connectivity index (χ0n) is 15.8. The lowest BCUT2D eigenvalue weighted by Gasteiger charge is -2.09. The largest absolute Gasteiger partial charge is 0.494 e. The molecule has 4 rings (SSSR count). The van der Waals surface area contributed by atoms with Crippen molar-refractivity contribution in [3.05, 3.63) is 67.0 Å². The van der Waals surface area contributed by atoms with E-state index in [-0.39, 0.29) is 12.5 Å². The van der Waals surface area contributed by atoms with E-state index in [1.165, 1.54) is 0 Å². The fourth-order valence-electron chi connectivity index (χ4n) is 2.78. The van der Waals surface area contributed by atoms with Crippen LogP contribution in [0.2, 0.25) is 0 Å². The van der Waals surface area contributed by atoms with Crippen molar-refractivity contribution in [2.24, 2.45) is 0 Å². The van der Waals surface area contributed by atoms with Crippen molar-refractivity contribution in [3.63, 3.8) is 0 Å². The standard InChI is InChI=1S/C21H19N5O3/c1-2-28-17-6-8-18(9-7-17)29-13-21(27)23-16-5-3-4-15(12-16)19-10-11-20-24-22-14-26(20)25-19/h3-12,14H,2,13H2,1H3,(H,23,27). The Morgan fingerprint density at radius 1 is 1.03 bits per heavy atom. The molecule has 0 bridgehead atoms. The number of amides is 1. The van der Waals surface area contributed by atoms with E-state index in [1.807, 2.05) is 43.3 Å². The highest BCUT2D eigenvalue weighted by molar-refractivity contribution is 5.92. The predicted molar refractivity (Wildman–Crippen MR) is 108 cm³/mol. The summed E-state index contributed by atoms with van der Waals surface area (Å²) < 4.78 is 12.5. The van der Waals surface area contributed by atoms with Gasteiger partial charge in [0.05, 0.1) is 12.3 Å². The van der Waals surface area contributed by atoms with Crippen molar-refractivity contribution in [1.29, 1.82) is 0 Å². The van der Waals surface area contributed by atoms with Crippen molar-refractivity contribution in [3.8, 4) is 22.8 Å². The van der Waals surface area contributed by atoms with Gasteiger partial charge < -0.3 is 14.8 Å². The molecule has 0 radical (unpaired) electrons. The number of carbonyl (C=O) groups is 1. The van der Waals surface area contributed by atoms with E-state index in [0.29, 0.717) is 23.7 Å². The summed E-state index contributed by atoms with van der Waals surface area (Å²) in [5.74, 6) is 1.11. The quantitative estimate of drug-likeness (QED) is 0.522. The molecular formula is C21H19N5O3. The number of nitrogens with one attached hydrogen (secondary N) is 1. The number of fused-ring (bicyclic) bond motifs is 1. The van der Waals surface area contributed by atoms with Crippen LogP contribution in [-0.2, 0) is 4.79 Å². The SMILES string of the molecule is CCOc1ccc(OCC(=O)Nc2cccc(-c3ccc4nncn4n3)c2)cc1. The van der Waals surface area contributed by atoms with Crippen LogP contribution in [0.1, 0.15) is 6.92 Å². The van der Waals surface area contributed by atoms with E-state index < -0.39 is 0 Å². The Balaban J connectivity index is 1.38. The minimum atomic E-state index is -0.252. The van der Waals surface area contributed by atoms with Crippen molar-refractivity contribution in [2.75, 3.05) is 18.5 Å². The minimum absolute atomic E-state index is 0.0941. The fraction of sp³-hybridized carbons (Fsp3) is 0.143. The minimum Gasteiger partial charge on any atom is -0.494 e. The van der Waals surface area contributed by atoms with Crippen LogP contribution >= 0.6 is 0 Å². The van der Waals surface area contributed by atoms with E-state index in [4.69, 9.17) is 9.47 Å². The van der Waals surface area contributed by atoms with Gasteiger partial charge in [-0.1, -0.05) is 12.1 Å². The highest BCUT2D eigenvalue weighted by atomic mass is 16.5. The number of hydrogen-bond acceptors (Lipinski definition) is 6. The van der Waals surface area contributed by atoms with Gasteiger partial charge in [0.25, 0.3) is 5.91 Å². The van der Waals surface area contributed by atoms with Crippen LogP contribution in [0.3, 0.4) is 0 Å². The Labute approximate surface area is 167 Å². The first kappa shape index (κ1) is 18.4. The maximum absolute atomic E-state index is 12.2. The average Bonchev–Trinajstić information content (AvgIpc) is 3.22. The molecule has 0 saturated heterocycles. The van der Waals surface area contributed by atoms with Gasteiger partial charge in [-0.05, 0) is 55.5 Å². The lowest BCUT2D eigenvalue weighted by atomic mass is 10.1. The summed E-state index contributed by atoms with van der Waals surface area (Å²) in [5.41, 5.74) is 2.95. The van der Waals surface area contributed by atoms with Gasteiger partial charge in [0.15, 0.2) is 12.3 Å². The van der Waals surface area contributed by atoms with Crippen LogP contribution in [0.4, 0.5) is 5.69 Å². The number of carbonyl (C=O) groups excluding carboxylic acids is 1. The van der Waals surface area contributed by atoms with Crippen LogP contribution in [0.5, 0.6) is 11.5 Å². The van der Waals surface area contributed by atoms with Crippen LogP contribution < -0.4 is 14.8 Å². The molecule has 8 nitrogen and oxygen atoms in total. The van der Waals surface area contributed by atoms with Gasteiger partial charge in [-0.3, -0.25) is 4.79 Å². The number of benzene rings is 2. The van der Waals surface area contributed by atoms with E-state index in [2.05, 4.69) is 20.6 Å². The maximum Gasteiger partial charge on any atom is 0.262 e. The lowest BCUT2D eigenvalue weighted by Crippen LogP contribution is -2.20. The van der Waals surface area contributed by atoms with Gasteiger partial charge in [0.2, 0.25) is 0 Å². The van der Waals surface area contributed by atoms with Crippen molar-refractivity contribution < 1.29 is 14.3 Å². The highest BCUT2D eigenvalue weighted by Gasteiger charge is 2.07. The first-order chi connectivity index (χ1) is 14.2. The van der Waals surface area contributed by atoms with Crippen LogP contribution in [0, 0.1) is 0 Å².